The number of rotatable bonds is 5. The fourth-order valence-corrected chi connectivity index (χ4v) is 3.84. The van der Waals surface area contributed by atoms with Gasteiger partial charge in [0.05, 0.1) is 26.2 Å². The summed E-state index contributed by atoms with van der Waals surface area (Å²) in [7, 11) is 0. The Kier molecular flexibility index (Phi) is 6.18. The number of carbonyl (C=O) groups is 2. The maximum absolute atomic E-state index is 12.6. The molecule has 0 bridgehead atoms. The van der Waals surface area contributed by atoms with Crippen LogP contribution in [0.2, 0.25) is 0 Å². The lowest BCUT2D eigenvalue weighted by Gasteiger charge is -2.29. The van der Waals surface area contributed by atoms with Gasteiger partial charge in [-0.3, -0.25) is 15.0 Å². The first kappa shape index (κ1) is 20.9. The van der Waals surface area contributed by atoms with Gasteiger partial charge in [-0.1, -0.05) is 18.2 Å². The van der Waals surface area contributed by atoms with E-state index in [4.69, 9.17) is 20.0 Å². The molecule has 2 heterocycles. The van der Waals surface area contributed by atoms with Crippen molar-refractivity contribution < 1.29 is 24.2 Å². The standard InChI is InChI=1S/C23H25N3O5/c24-22(26-7-9-30-10-8-26)16-1-3-17(4-2-16)23(29)25-19-6-5-18-11-15(12-21(27)28)14-31-20(18)13-19/h1-6,13,15,24H,7-12,14H2,(H,25,29)(H,27,28). The van der Waals surface area contributed by atoms with E-state index in [1.54, 1.807) is 36.4 Å². The summed E-state index contributed by atoms with van der Waals surface area (Å²) in [5.74, 6) is -0.00630. The smallest absolute Gasteiger partial charge is 0.303 e. The number of amidine groups is 1. The molecule has 0 saturated carbocycles. The summed E-state index contributed by atoms with van der Waals surface area (Å²) in [6, 6.07) is 12.4. The first-order valence-corrected chi connectivity index (χ1v) is 10.3. The molecule has 2 aliphatic heterocycles. The van der Waals surface area contributed by atoms with E-state index in [1.165, 1.54) is 0 Å². The van der Waals surface area contributed by atoms with Crippen molar-refractivity contribution in [2.45, 2.75) is 12.8 Å². The molecule has 1 atom stereocenters. The van der Waals surface area contributed by atoms with Gasteiger partial charge in [0.15, 0.2) is 0 Å². The van der Waals surface area contributed by atoms with Crippen LogP contribution in [-0.2, 0) is 16.0 Å². The molecule has 1 saturated heterocycles. The van der Waals surface area contributed by atoms with E-state index in [1.807, 2.05) is 11.0 Å². The van der Waals surface area contributed by atoms with Gasteiger partial charge in [-0.2, -0.15) is 0 Å². The molecule has 1 fully saturated rings. The number of nitrogens with zero attached hydrogens (tertiary/aromatic N) is 1. The van der Waals surface area contributed by atoms with Crippen LogP contribution in [0.4, 0.5) is 5.69 Å². The Morgan fingerprint density at radius 1 is 1.10 bits per heavy atom. The number of benzene rings is 2. The third-order valence-corrected chi connectivity index (χ3v) is 5.52. The number of carbonyl (C=O) groups excluding carboxylic acids is 1. The number of nitrogens with one attached hydrogen (secondary N) is 2. The van der Waals surface area contributed by atoms with Crippen molar-refractivity contribution in [1.29, 1.82) is 5.41 Å². The van der Waals surface area contributed by atoms with Crippen LogP contribution in [0, 0.1) is 11.3 Å². The molecule has 1 unspecified atom stereocenters. The molecule has 0 radical (unpaired) electrons. The van der Waals surface area contributed by atoms with Gasteiger partial charge < -0.3 is 24.8 Å². The van der Waals surface area contributed by atoms with Crippen LogP contribution < -0.4 is 10.1 Å². The molecule has 4 rings (SSSR count). The van der Waals surface area contributed by atoms with Crippen LogP contribution in [0.5, 0.6) is 5.75 Å². The molecule has 0 aliphatic carbocycles. The maximum Gasteiger partial charge on any atom is 0.303 e. The second kappa shape index (κ2) is 9.18. The summed E-state index contributed by atoms with van der Waals surface area (Å²) in [6.45, 7) is 2.98. The van der Waals surface area contributed by atoms with Crippen LogP contribution in [0.1, 0.15) is 27.9 Å². The Balaban J connectivity index is 1.38. The number of hydrogen-bond donors (Lipinski definition) is 3. The molecule has 8 heteroatoms. The van der Waals surface area contributed by atoms with Crippen LogP contribution >= 0.6 is 0 Å². The molecule has 0 spiro atoms. The third-order valence-electron chi connectivity index (χ3n) is 5.52. The highest BCUT2D eigenvalue weighted by atomic mass is 16.5. The van der Waals surface area contributed by atoms with Gasteiger partial charge in [-0.15, -0.1) is 0 Å². The topological polar surface area (TPSA) is 112 Å². The molecule has 31 heavy (non-hydrogen) atoms. The van der Waals surface area contributed by atoms with Gasteiger partial charge in [-0.05, 0) is 30.2 Å². The van der Waals surface area contributed by atoms with E-state index >= 15 is 0 Å². The van der Waals surface area contributed by atoms with Crippen molar-refractivity contribution in [3.8, 4) is 5.75 Å². The molecule has 3 N–H and O–H groups in total. The largest absolute Gasteiger partial charge is 0.493 e. The number of morpholine rings is 1. The van der Waals surface area contributed by atoms with E-state index in [9.17, 15) is 9.59 Å². The normalized spacial score (nSPS) is 17.9. The molecule has 2 aromatic rings. The van der Waals surface area contributed by atoms with Crippen molar-refractivity contribution in [2.24, 2.45) is 5.92 Å². The average molecular weight is 423 g/mol. The Morgan fingerprint density at radius 2 is 1.81 bits per heavy atom. The summed E-state index contributed by atoms with van der Waals surface area (Å²) in [6.07, 6.45) is 0.726. The van der Waals surface area contributed by atoms with E-state index in [2.05, 4.69) is 5.32 Å². The predicted octanol–water partition coefficient (Wildman–Crippen LogP) is 2.62. The highest BCUT2D eigenvalue weighted by molar-refractivity contribution is 6.05. The quantitative estimate of drug-likeness (QED) is 0.504. The number of hydrogen-bond acceptors (Lipinski definition) is 5. The molecule has 2 aromatic carbocycles. The molecule has 2 aliphatic rings. The van der Waals surface area contributed by atoms with Crippen molar-refractivity contribution in [1.82, 2.24) is 4.90 Å². The van der Waals surface area contributed by atoms with E-state index in [0.717, 1.165) is 11.1 Å². The minimum absolute atomic E-state index is 0.0415. The minimum atomic E-state index is -0.827. The van der Waals surface area contributed by atoms with Crippen LogP contribution in [0.3, 0.4) is 0 Å². The van der Waals surface area contributed by atoms with Crippen molar-refractivity contribution >= 4 is 23.4 Å². The van der Waals surface area contributed by atoms with Gasteiger partial charge in [0, 0.05) is 41.9 Å². The first-order valence-electron chi connectivity index (χ1n) is 10.3. The fraction of sp³-hybridized carbons (Fsp3) is 0.348. The number of ether oxygens (including phenoxy) is 2. The molecule has 162 valence electrons. The minimum Gasteiger partial charge on any atom is -0.493 e. The number of amides is 1. The summed E-state index contributed by atoms with van der Waals surface area (Å²) in [5.41, 5.74) is 2.82. The number of anilines is 1. The zero-order valence-corrected chi connectivity index (χ0v) is 17.1. The second-order valence-electron chi connectivity index (χ2n) is 7.78. The zero-order valence-electron chi connectivity index (χ0n) is 17.1. The van der Waals surface area contributed by atoms with Gasteiger partial charge >= 0.3 is 5.97 Å². The Hall–Kier alpha value is -3.39. The number of fused-ring (bicyclic) bond motifs is 1. The van der Waals surface area contributed by atoms with Crippen molar-refractivity contribution in [3.63, 3.8) is 0 Å². The lowest BCUT2D eigenvalue weighted by Crippen LogP contribution is -2.40. The van der Waals surface area contributed by atoms with Gasteiger partial charge in [0.1, 0.15) is 11.6 Å². The zero-order chi connectivity index (χ0) is 21.8. The molecule has 0 aromatic heterocycles. The first-order chi connectivity index (χ1) is 15.0. The summed E-state index contributed by atoms with van der Waals surface area (Å²) >= 11 is 0. The van der Waals surface area contributed by atoms with Crippen LogP contribution in [0.25, 0.3) is 0 Å². The number of carboxylic acid groups (broad SMARTS) is 1. The van der Waals surface area contributed by atoms with E-state index in [0.29, 0.717) is 62.2 Å². The van der Waals surface area contributed by atoms with E-state index in [-0.39, 0.29) is 18.2 Å². The van der Waals surface area contributed by atoms with Crippen molar-refractivity contribution in [3.05, 3.63) is 59.2 Å². The molecular weight excluding hydrogens is 398 g/mol. The van der Waals surface area contributed by atoms with E-state index < -0.39 is 5.97 Å². The molecule has 8 nitrogen and oxygen atoms in total. The lowest BCUT2D eigenvalue weighted by atomic mass is 9.94. The second-order valence-corrected chi connectivity index (χ2v) is 7.78. The molecular formula is C23H25N3O5. The average Bonchev–Trinajstić information content (AvgIpc) is 2.79. The van der Waals surface area contributed by atoms with Crippen LogP contribution in [0.15, 0.2) is 42.5 Å². The summed E-state index contributed by atoms with van der Waals surface area (Å²) < 4.78 is 11.0. The third kappa shape index (κ3) is 5.03. The highest BCUT2D eigenvalue weighted by Crippen LogP contribution is 2.31. The van der Waals surface area contributed by atoms with Crippen molar-refractivity contribution in [2.75, 3.05) is 38.2 Å². The molecule has 1 amide bonds. The van der Waals surface area contributed by atoms with Gasteiger partial charge in [0.2, 0.25) is 0 Å². The SMILES string of the molecule is N=C(c1ccc(C(=O)Nc2ccc3c(c2)OCC(CC(=O)O)C3)cc1)N1CCOCC1. The fourth-order valence-electron chi connectivity index (χ4n) is 3.84. The Bertz CT molecular complexity index is 983. The van der Waals surface area contributed by atoms with Gasteiger partial charge in [0.25, 0.3) is 5.91 Å². The van der Waals surface area contributed by atoms with Gasteiger partial charge in [-0.25, -0.2) is 0 Å². The summed E-state index contributed by atoms with van der Waals surface area (Å²) in [4.78, 5) is 25.5. The Morgan fingerprint density at radius 3 is 2.52 bits per heavy atom. The number of aliphatic carboxylic acids is 1. The predicted molar refractivity (Wildman–Crippen MR) is 115 cm³/mol. The number of carboxylic acids is 1. The lowest BCUT2D eigenvalue weighted by molar-refractivity contribution is -0.138. The monoisotopic (exact) mass is 423 g/mol. The summed E-state index contributed by atoms with van der Waals surface area (Å²) in [5, 5.41) is 20.2. The highest BCUT2D eigenvalue weighted by Gasteiger charge is 2.23. The Labute approximate surface area is 180 Å². The van der Waals surface area contributed by atoms with Crippen LogP contribution in [-0.4, -0.2) is 60.6 Å². The maximum atomic E-state index is 12.6.